The van der Waals surface area contributed by atoms with E-state index in [9.17, 15) is 13.5 Å². The third-order valence-electron chi connectivity index (χ3n) is 3.59. The molecule has 1 aromatic rings. The van der Waals surface area contributed by atoms with Gasteiger partial charge >= 0.3 is 0 Å². The van der Waals surface area contributed by atoms with Crippen molar-refractivity contribution in [1.29, 1.82) is 0 Å². The van der Waals surface area contributed by atoms with Crippen LogP contribution in [-0.4, -0.2) is 43.1 Å². The van der Waals surface area contributed by atoms with Crippen molar-refractivity contribution in [3.8, 4) is 0 Å². The van der Waals surface area contributed by atoms with Crippen molar-refractivity contribution in [3.63, 3.8) is 0 Å². The molecule has 1 aromatic carbocycles. The number of benzene rings is 1. The Morgan fingerprint density at radius 1 is 1.38 bits per heavy atom. The van der Waals surface area contributed by atoms with Crippen LogP contribution in [0.1, 0.15) is 32.8 Å². The lowest BCUT2D eigenvalue weighted by Crippen LogP contribution is -2.42. The summed E-state index contributed by atoms with van der Waals surface area (Å²) in [4.78, 5) is 0.360. The van der Waals surface area contributed by atoms with Gasteiger partial charge in [0, 0.05) is 25.3 Å². The van der Waals surface area contributed by atoms with Crippen LogP contribution in [0, 0.1) is 0 Å². The Kier molecular flexibility index (Phi) is 4.60. The lowest BCUT2D eigenvalue weighted by molar-refractivity contribution is 0.0601. The molecule has 0 amide bonds. The zero-order valence-electron chi connectivity index (χ0n) is 12.9. The summed E-state index contributed by atoms with van der Waals surface area (Å²) >= 11 is 0. The van der Waals surface area contributed by atoms with Gasteiger partial charge in [0.15, 0.2) is 0 Å². The smallest absolute Gasteiger partial charge is 0.243 e. The summed E-state index contributed by atoms with van der Waals surface area (Å²) in [5.74, 6) is 0. The summed E-state index contributed by atoms with van der Waals surface area (Å²) < 4.78 is 27.1. The maximum absolute atomic E-state index is 12.9. The second-order valence-electron chi connectivity index (χ2n) is 6.06. The maximum Gasteiger partial charge on any atom is 0.243 e. The molecule has 1 aliphatic heterocycles. The summed E-state index contributed by atoms with van der Waals surface area (Å²) in [7, 11) is -3.59. The van der Waals surface area contributed by atoms with E-state index in [2.05, 4.69) is 5.32 Å². The third kappa shape index (κ3) is 3.56. The van der Waals surface area contributed by atoms with Crippen LogP contribution in [-0.2, 0) is 16.4 Å². The minimum Gasteiger partial charge on any atom is -0.389 e. The highest BCUT2D eigenvalue weighted by Crippen LogP contribution is 2.30. The molecule has 1 aliphatic rings. The predicted molar refractivity (Wildman–Crippen MR) is 84.0 cm³/mol. The van der Waals surface area contributed by atoms with Crippen molar-refractivity contribution in [2.75, 3.05) is 25.0 Å². The van der Waals surface area contributed by atoms with Gasteiger partial charge in [0.2, 0.25) is 10.0 Å². The molecule has 0 aromatic heterocycles. The average molecular weight is 312 g/mol. The molecule has 0 saturated heterocycles. The Bertz CT molecular complexity index is 606. The first-order valence-corrected chi connectivity index (χ1v) is 8.78. The second kappa shape index (κ2) is 5.94. The van der Waals surface area contributed by atoms with Crippen molar-refractivity contribution in [3.05, 3.63) is 23.8 Å². The van der Waals surface area contributed by atoms with Gasteiger partial charge in [-0.15, -0.1) is 0 Å². The molecule has 0 spiro atoms. The highest BCUT2D eigenvalue weighted by molar-refractivity contribution is 7.89. The van der Waals surface area contributed by atoms with E-state index in [1.807, 2.05) is 6.07 Å². The van der Waals surface area contributed by atoms with Gasteiger partial charge in [-0.25, -0.2) is 8.42 Å². The fourth-order valence-electron chi connectivity index (χ4n) is 2.66. The first kappa shape index (κ1) is 16.3. The van der Waals surface area contributed by atoms with Crippen LogP contribution in [0.3, 0.4) is 0 Å². The van der Waals surface area contributed by atoms with Crippen LogP contribution in [0.4, 0.5) is 5.69 Å². The quantitative estimate of drug-likeness (QED) is 0.870. The molecule has 2 rings (SSSR count). The van der Waals surface area contributed by atoms with E-state index in [0.29, 0.717) is 11.4 Å². The molecule has 1 heterocycles. The molecule has 6 heteroatoms. The van der Waals surface area contributed by atoms with Gasteiger partial charge in [-0.2, -0.15) is 4.31 Å². The summed E-state index contributed by atoms with van der Waals surface area (Å²) in [5.41, 5.74) is 0.704. The monoisotopic (exact) mass is 312 g/mol. The molecule has 0 atom stereocenters. The van der Waals surface area contributed by atoms with Crippen molar-refractivity contribution >= 4 is 15.7 Å². The van der Waals surface area contributed by atoms with Crippen LogP contribution in [0.5, 0.6) is 0 Å². The largest absolute Gasteiger partial charge is 0.389 e. The number of aliphatic hydroxyl groups is 1. The van der Waals surface area contributed by atoms with E-state index < -0.39 is 15.6 Å². The van der Waals surface area contributed by atoms with E-state index in [1.54, 1.807) is 32.9 Å². The summed E-state index contributed by atoms with van der Waals surface area (Å²) in [6, 6.07) is 5.34. The van der Waals surface area contributed by atoms with Crippen LogP contribution in [0.15, 0.2) is 23.1 Å². The van der Waals surface area contributed by atoms with Gasteiger partial charge in [-0.1, -0.05) is 13.0 Å². The van der Waals surface area contributed by atoms with Crippen molar-refractivity contribution in [1.82, 2.24) is 4.31 Å². The Hall–Kier alpha value is -1.11. The fourth-order valence-corrected chi connectivity index (χ4v) is 4.53. The third-order valence-corrected chi connectivity index (χ3v) is 5.59. The lowest BCUT2D eigenvalue weighted by atomic mass is 10.0. The number of likely N-dealkylation sites (N-methyl/N-ethyl adjacent to an activating group) is 1. The number of anilines is 1. The van der Waals surface area contributed by atoms with Gasteiger partial charge in [0.25, 0.3) is 0 Å². The molecule has 2 N–H and O–H groups in total. The van der Waals surface area contributed by atoms with E-state index in [1.165, 1.54) is 4.31 Å². The number of fused-ring (bicyclic) bond motifs is 1. The summed E-state index contributed by atoms with van der Waals surface area (Å²) in [6.07, 6.45) is 1.69. The Morgan fingerprint density at radius 2 is 2.10 bits per heavy atom. The van der Waals surface area contributed by atoms with Crippen molar-refractivity contribution < 1.29 is 13.5 Å². The van der Waals surface area contributed by atoms with Gasteiger partial charge in [-0.05, 0) is 44.4 Å². The fraction of sp³-hybridized carbons (Fsp3) is 0.600. The van der Waals surface area contributed by atoms with Crippen LogP contribution >= 0.6 is 0 Å². The molecular formula is C15H24N2O3S. The molecule has 0 aliphatic carbocycles. The zero-order valence-corrected chi connectivity index (χ0v) is 13.7. The van der Waals surface area contributed by atoms with E-state index >= 15 is 0 Å². The molecular weight excluding hydrogens is 288 g/mol. The Labute approximate surface area is 127 Å². The number of hydrogen-bond acceptors (Lipinski definition) is 4. The van der Waals surface area contributed by atoms with E-state index in [-0.39, 0.29) is 6.54 Å². The summed E-state index contributed by atoms with van der Waals surface area (Å²) in [6.45, 7) is 6.32. The first-order valence-electron chi connectivity index (χ1n) is 7.34. The topological polar surface area (TPSA) is 69.6 Å². The molecule has 0 fully saturated rings. The van der Waals surface area contributed by atoms with E-state index in [0.717, 1.165) is 30.6 Å². The number of sulfonamides is 1. The lowest BCUT2D eigenvalue weighted by Gasteiger charge is -2.29. The number of nitrogens with zero attached hydrogens (tertiary/aromatic N) is 1. The van der Waals surface area contributed by atoms with Crippen LogP contribution in [0.2, 0.25) is 0 Å². The van der Waals surface area contributed by atoms with Crippen LogP contribution in [0.25, 0.3) is 0 Å². The number of nitrogens with one attached hydrogen (secondary N) is 1. The summed E-state index contributed by atoms with van der Waals surface area (Å²) in [5, 5.41) is 13.2. The van der Waals surface area contributed by atoms with Crippen molar-refractivity contribution in [2.45, 2.75) is 44.1 Å². The van der Waals surface area contributed by atoms with Gasteiger partial charge < -0.3 is 10.4 Å². The Balaban J connectivity index is 2.43. The average Bonchev–Trinajstić information content (AvgIpc) is 2.43. The SMILES string of the molecule is CCN(CC(C)(C)O)S(=O)(=O)c1cccc2c1CCCN2. The van der Waals surface area contributed by atoms with Crippen molar-refractivity contribution in [2.24, 2.45) is 0 Å². The van der Waals surface area contributed by atoms with Crippen LogP contribution < -0.4 is 5.32 Å². The van der Waals surface area contributed by atoms with E-state index in [4.69, 9.17) is 0 Å². The van der Waals surface area contributed by atoms with Gasteiger partial charge in [0.1, 0.15) is 0 Å². The number of rotatable bonds is 5. The highest BCUT2D eigenvalue weighted by Gasteiger charge is 2.31. The molecule has 5 nitrogen and oxygen atoms in total. The molecule has 0 unspecified atom stereocenters. The minimum absolute atomic E-state index is 0.0862. The molecule has 0 radical (unpaired) electrons. The molecule has 0 bridgehead atoms. The normalized spacial score (nSPS) is 15.7. The highest BCUT2D eigenvalue weighted by atomic mass is 32.2. The predicted octanol–water partition coefficient (Wildman–Crippen LogP) is 1.83. The standard InChI is InChI=1S/C15H24N2O3S/c1-4-17(11-15(2,3)18)21(19,20)14-9-5-8-13-12(14)7-6-10-16-13/h5,8-9,16,18H,4,6-7,10-11H2,1-3H3. The molecule has 21 heavy (non-hydrogen) atoms. The zero-order chi connectivity index (χ0) is 15.7. The second-order valence-corrected chi connectivity index (χ2v) is 7.96. The Morgan fingerprint density at radius 3 is 2.71 bits per heavy atom. The molecule has 0 saturated carbocycles. The maximum atomic E-state index is 12.9. The van der Waals surface area contributed by atoms with Gasteiger partial charge in [-0.3, -0.25) is 0 Å². The number of hydrogen-bond donors (Lipinski definition) is 2. The first-order chi connectivity index (χ1) is 9.75. The minimum atomic E-state index is -3.59. The molecule has 118 valence electrons. The van der Waals surface area contributed by atoms with Gasteiger partial charge in [0.05, 0.1) is 10.5 Å².